The van der Waals surface area contributed by atoms with E-state index in [2.05, 4.69) is 5.10 Å². The Morgan fingerprint density at radius 1 is 1.00 bits per heavy atom. The molecule has 1 aliphatic heterocycles. The van der Waals surface area contributed by atoms with Crippen molar-refractivity contribution in [3.8, 4) is 0 Å². The summed E-state index contributed by atoms with van der Waals surface area (Å²) in [5, 5.41) is 5.71. The highest BCUT2D eigenvalue weighted by atomic mass is 16.2. The summed E-state index contributed by atoms with van der Waals surface area (Å²) in [7, 11) is 0. The Bertz CT molecular complexity index is 1030. The zero-order chi connectivity index (χ0) is 18.4. The molecule has 3 aromatic rings. The molecule has 6 heteroatoms. The molecule has 6 nitrogen and oxygen atoms in total. The summed E-state index contributed by atoms with van der Waals surface area (Å²) >= 11 is 0. The number of amides is 2. The van der Waals surface area contributed by atoms with E-state index in [1.807, 2.05) is 25.1 Å². The van der Waals surface area contributed by atoms with E-state index in [0.717, 1.165) is 21.7 Å². The van der Waals surface area contributed by atoms with Crippen LogP contribution in [-0.2, 0) is 0 Å². The maximum Gasteiger partial charge on any atom is 0.261 e. The van der Waals surface area contributed by atoms with Crippen LogP contribution >= 0.6 is 0 Å². The van der Waals surface area contributed by atoms with Crippen molar-refractivity contribution < 1.29 is 14.4 Å². The van der Waals surface area contributed by atoms with Gasteiger partial charge in [-0.15, -0.1) is 0 Å². The Labute approximate surface area is 150 Å². The van der Waals surface area contributed by atoms with E-state index in [1.54, 1.807) is 31.2 Å². The largest absolute Gasteiger partial charge is 0.274 e. The van der Waals surface area contributed by atoms with Gasteiger partial charge in [0.1, 0.15) is 0 Å². The van der Waals surface area contributed by atoms with E-state index in [-0.39, 0.29) is 30.7 Å². The minimum atomic E-state index is -0.361. The van der Waals surface area contributed by atoms with Gasteiger partial charge < -0.3 is 0 Å². The van der Waals surface area contributed by atoms with Crippen molar-refractivity contribution >= 4 is 28.5 Å². The molecule has 0 radical (unpaired) electrons. The van der Waals surface area contributed by atoms with Crippen LogP contribution in [0.4, 0.5) is 0 Å². The summed E-state index contributed by atoms with van der Waals surface area (Å²) in [4.78, 5) is 39.2. The Morgan fingerprint density at radius 2 is 1.62 bits per heavy atom. The first-order valence-electron chi connectivity index (χ1n) is 8.42. The monoisotopic (exact) mass is 347 g/mol. The molecule has 0 bridgehead atoms. The molecule has 26 heavy (non-hydrogen) atoms. The third-order valence-electron chi connectivity index (χ3n) is 4.65. The van der Waals surface area contributed by atoms with Gasteiger partial charge in [0.15, 0.2) is 0 Å². The number of benzene rings is 2. The Balaban J connectivity index is 1.63. The fraction of sp³-hybridized carbons (Fsp3) is 0.200. The SMILES string of the molecule is Cc1cc(C)n(C(=O)CCN2C(=O)c3cccc4cccc(c34)C2=O)n1. The van der Waals surface area contributed by atoms with Crippen molar-refractivity contribution in [2.75, 3.05) is 6.54 Å². The molecule has 1 aromatic heterocycles. The van der Waals surface area contributed by atoms with Crippen LogP contribution in [0.5, 0.6) is 0 Å². The van der Waals surface area contributed by atoms with Crippen LogP contribution in [0.1, 0.15) is 43.3 Å². The zero-order valence-corrected chi connectivity index (χ0v) is 14.5. The summed E-state index contributed by atoms with van der Waals surface area (Å²) in [6, 6.07) is 12.6. The molecule has 0 N–H and O–H groups in total. The van der Waals surface area contributed by atoms with E-state index in [9.17, 15) is 14.4 Å². The molecule has 2 aromatic carbocycles. The quantitative estimate of drug-likeness (QED) is 0.683. The van der Waals surface area contributed by atoms with E-state index in [0.29, 0.717) is 16.5 Å². The standard InChI is InChI=1S/C20H17N3O3/c1-12-11-13(2)23(21-12)17(24)9-10-22-19(25)15-7-3-5-14-6-4-8-16(18(14)15)20(22)26/h3-8,11H,9-10H2,1-2H3. The van der Waals surface area contributed by atoms with Crippen molar-refractivity contribution in [1.29, 1.82) is 0 Å². The van der Waals surface area contributed by atoms with Gasteiger partial charge in [0, 0.05) is 35.2 Å². The van der Waals surface area contributed by atoms with Gasteiger partial charge in [-0.05, 0) is 37.4 Å². The van der Waals surface area contributed by atoms with Crippen molar-refractivity contribution in [2.24, 2.45) is 0 Å². The number of aromatic nitrogens is 2. The van der Waals surface area contributed by atoms with Crippen LogP contribution in [-0.4, -0.2) is 38.9 Å². The van der Waals surface area contributed by atoms with Crippen molar-refractivity contribution in [1.82, 2.24) is 14.7 Å². The Hall–Kier alpha value is -3.28. The zero-order valence-electron chi connectivity index (χ0n) is 14.5. The third kappa shape index (κ3) is 2.42. The second kappa shape index (κ2) is 5.91. The van der Waals surface area contributed by atoms with Gasteiger partial charge >= 0.3 is 0 Å². The van der Waals surface area contributed by atoms with Crippen LogP contribution in [0.2, 0.25) is 0 Å². The van der Waals surface area contributed by atoms with Gasteiger partial charge in [-0.1, -0.05) is 24.3 Å². The molecule has 130 valence electrons. The van der Waals surface area contributed by atoms with Gasteiger partial charge in [0.05, 0.1) is 5.69 Å². The highest BCUT2D eigenvalue weighted by molar-refractivity contribution is 6.25. The predicted molar refractivity (Wildman–Crippen MR) is 96.3 cm³/mol. The summed E-state index contributed by atoms with van der Waals surface area (Å²) in [6.45, 7) is 3.64. The minimum absolute atomic E-state index is 0.0254. The molecule has 4 rings (SSSR count). The lowest BCUT2D eigenvalue weighted by Gasteiger charge is -2.26. The second-order valence-electron chi connectivity index (χ2n) is 6.45. The number of aryl methyl sites for hydroxylation is 2. The highest BCUT2D eigenvalue weighted by Gasteiger charge is 2.32. The average molecular weight is 347 g/mol. The number of carbonyl (C=O) groups is 3. The number of imide groups is 1. The molecule has 0 saturated heterocycles. The van der Waals surface area contributed by atoms with E-state index in [1.165, 1.54) is 4.68 Å². The van der Waals surface area contributed by atoms with Crippen LogP contribution in [0.15, 0.2) is 42.5 Å². The van der Waals surface area contributed by atoms with E-state index >= 15 is 0 Å². The number of nitrogens with zero attached hydrogens (tertiary/aromatic N) is 3. The number of carbonyl (C=O) groups excluding carboxylic acids is 3. The number of rotatable bonds is 3. The smallest absolute Gasteiger partial charge is 0.261 e. The third-order valence-corrected chi connectivity index (χ3v) is 4.65. The molecule has 0 aliphatic carbocycles. The maximum atomic E-state index is 12.8. The van der Waals surface area contributed by atoms with Gasteiger partial charge in [-0.3, -0.25) is 19.3 Å². The van der Waals surface area contributed by atoms with Gasteiger partial charge in [-0.25, -0.2) is 4.68 Å². The summed E-state index contributed by atoms with van der Waals surface area (Å²) < 4.78 is 1.32. The topological polar surface area (TPSA) is 72.3 Å². The first-order valence-corrected chi connectivity index (χ1v) is 8.42. The van der Waals surface area contributed by atoms with Crippen LogP contribution < -0.4 is 0 Å². The maximum absolute atomic E-state index is 12.8. The fourth-order valence-corrected chi connectivity index (χ4v) is 3.48. The lowest BCUT2D eigenvalue weighted by molar-refractivity contribution is 0.0602. The van der Waals surface area contributed by atoms with Gasteiger partial charge in [0.2, 0.25) is 5.91 Å². The first kappa shape index (κ1) is 16.2. The number of hydrogen-bond acceptors (Lipinski definition) is 4. The van der Waals surface area contributed by atoms with E-state index in [4.69, 9.17) is 0 Å². The van der Waals surface area contributed by atoms with Crippen molar-refractivity contribution in [3.05, 3.63) is 65.0 Å². The van der Waals surface area contributed by atoms with Crippen molar-refractivity contribution in [3.63, 3.8) is 0 Å². The molecule has 2 heterocycles. The van der Waals surface area contributed by atoms with Gasteiger partial charge in [-0.2, -0.15) is 5.10 Å². The second-order valence-corrected chi connectivity index (χ2v) is 6.45. The Morgan fingerprint density at radius 3 is 2.15 bits per heavy atom. The van der Waals surface area contributed by atoms with Crippen molar-refractivity contribution in [2.45, 2.75) is 20.3 Å². The predicted octanol–water partition coefficient (Wildman–Crippen LogP) is 2.98. The van der Waals surface area contributed by atoms with Crippen LogP contribution in [0, 0.1) is 13.8 Å². The minimum Gasteiger partial charge on any atom is -0.274 e. The van der Waals surface area contributed by atoms with Crippen LogP contribution in [0.25, 0.3) is 10.8 Å². The molecule has 2 amide bonds. The lowest BCUT2D eigenvalue weighted by Crippen LogP contribution is -2.41. The molecule has 0 atom stereocenters. The lowest BCUT2D eigenvalue weighted by atomic mass is 9.94. The summed E-state index contributed by atoms with van der Waals surface area (Å²) in [5.41, 5.74) is 2.48. The summed E-state index contributed by atoms with van der Waals surface area (Å²) in [5.74, 6) is -0.964. The summed E-state index contributed by atoms with van der Waals surface area (Å²) in [6.07, 6.45) is 0.0254. The molecule has 0 saturated carbocycles. The fourth-order valence-electron chi connectivity index (χ4n) is 3.48. The average Bonchev–Trinajstić information content (AvgIpc) is 2.97. The molecule has 0 spiro atoms. The number of hydrogen-bond donors (Lipinski definition) is 0. The van der Waals surface area contributed by atoms with Gasteiger partial charge in [0.25, 0.3) is 11.8 Å². The molecular weight excluding hydrogens is 330 g/mol. The molecule has 0 unspecified atom stereocenters. The van der Waals surface area contributed by atoms with Crippen LogP contribution in [0.3, 0.4) is 0 Å². The highest BCUT2D eigenvalue weighted by Crippen LogP contribution is 2.29. The Kier molecular flexibility index (Phi) is 3.68. The molecule has 0 fully saturated rings. The molecular formula is C20H17N3O3. The van der Waals surface area contributed by atoms with E-state index < -0.39 is 0 Å². The first-order chi connectivity index (χ1) is 12.5. The molecule has 1 aliphatic rings. The normalized spacial score (nSPS) is 13.5.